The zero-order valence-electron chi connectivity index (χ0n) is 12.3. The van der Waals surface area contributed by atoms with Crippen LogP contribution in [0.2, 0.25) is 0 Å². The minimum absolute atomic E-state index is 0.473. The largest absolute Gasteiger partial charge is 0.303 e. The van der Waals surface area contributed by atoms with Gasteiger partial charge in [-0.15, -0.1) is 0 Å². The Labute approximate surface area is 112 Å². The van der Waals surface area contributed by atoms with Crippen LogP contribution in [0, 0.1) is 10.8 Å². The summed E-state index contributed by atoms with van der Waals surface area (Å²) in [6, 6.07) is 1.28. The maximum Gasteiger partial charge on any atom is 0.0327 e. The molecule has 2 atom stereocenters. The van der Waals surface area contributed by atoms with Gasteiger partial charge >= 0.3 is 0 Å². The van der Waals surface area contributed by atoms with E-state index in [-0.39, 0.29) is 0 Å². The molecule has 18 heavy (non-hydrogen) atoms. The molecule has 1 heteroatoms. The van der Waals surface area contributed by atoms with E-state index in [4.69, 9.17) is 0 Å². The molecular weight excluding hydrogens is 218 g/mol. The first-order chi connectivity index (χ1) is 8.35. The molecule has 1 N–H and O–H groups in total. The summed E-state index contributed by atoms with van der Waals surface area (Å²) in [4.78, 5) is 0. The molecule has 0 saturated heterocycles. The predicted octanol–water partition coefficient (Wildman–Crippen LogP) is 4.21. The van der Waals surface area contributed by atoms with E-state index in [9.17, 15) is 0 Å². The molecule has 2 aliphatic carbocycles. The van der Waals surface area contributed by atoms with E-state index in [1.165, 1.54) is 32.1 Å². The molecule has 100 valence electrons. The van der Waals surface area contributed by atoms with Gasteiger partial charge in [-0.2, -0.15) is 0 Å². The third-order valence-corrected chi connectivity index (χ3v) is 5.04. The van der Waals surface area contributed by atoms with Gasteiger partial charge < -0.3 is 5.32 Å². The minimum Gasteiger partial charge on any atom is -0.303 e. The van der Waals surface area contributed by atoms with Crippen molar-refractivity contribution in [3.8, 4) is 0 Å². The molecule has 0 amide bonds. The Morgan fingerprint density at radius 1 is 1.11 bits per heavy atom. The number of allylic oxidation sites excluding steroid dienone is 1. The molecule has 0 radical (unpaired) electrons. The first-order valence-corrected chi connectivity index (χ1v) is 7.51. The highest BCUT2D eigenvalue weighted by Crippen LogP contribution is 2.44. The van der Waals surface area contributed by atoms with Gasteiger partial charge in [0.2, 0.25) is 0 Å². The van der Waals surface area contributed by atoms with Gasteiger partial charge in [0.1, 0.15) is 0 Å². The highest BCUT2D eigenvalue weighted by Gasteiger charge is 2.37. The molecule has 2 unspecified atom stereocenters. The lowest BCUT2D eigenvalue weighted by Crippen LogP contribution is -2.49. The number of hydrogen-bond donors (Lipinski definition) is 1. The summed E-state index contributed by atoms with van der Waals surface area (Å²) in [6.07, 6.45) is 11.5. The number of rotatable bonds is 0. The second-order valence-corrected chi connectivity index (χ2v) is 8.15. The van der Waals surface area contributed by atoms with Crippen molar-refractivity contribution in [2.24, 2.45) is 10.8 Å². The Hall–Kier alpha value is -0.560. The van der Waals surface area contributed by atoms with E-state index in [1.54, 1.807) is 11.1 Å². The summed E-state index contributed by atoms with van der Waals surface area (Å²) in [5.74, 6) is 0. The fourth-order valence-corrected chi connectivity index (χ4v) is 3.89. The average Bonchev–Trinajstić information content (AvgIpc) is 2.25. The van der Waals surface area contributed by atoms with Crippen LogP contribution in [-0.4, -0.2) is 12.1 Å². The van der Waals surface area contributed by atoms with Crippen LogP contribution in [0.15, 0.2) is 23.3 Å². The van der Waals surface area contributed by atoms with Crippen LogP contribution in [0.25, 0.3) is 0 Å². The molecule has 0 bridgehead atoms. The Kier molecular flexibility index (Phi) is 2.75. The lowest BCUT2D eigenvalue weighted by Gasteiger charge is -2.45. The standard InChI is InChI=1S/C17H27N/c1-16(2)8-6-14-13(10-16)9-12-5-7-17(3,4)11-15(12)18-14/h5,9,14-15,18H,6-8,10-11H2,1-4H3. The Bertz CT molecular complexity index is 411. The van der Waals surface area contributed by atoms with Crippen molar-refractivity contribution in [3.05, 3.63) is 23.3 Å². The fourth-order valence-electron chi connectivity index (χ4n) is 3.89. The van der Waals surface area contributed by atoms with Crippen molar-refractivity contribution < 1.29 is 0 Å². The third-order valence-electron chi connectivity index (χ3n) is 5.04. The zero-order valence-corrected chi connectivity index (χ0v) is 12.3. The molecule has 1 heterocycles. The van der Waals surface area contributed by atoms with Crippen LogP contribution in [0.1, 0.15) is 59.8 Å². The van der Waals surface area contributed by atoms with Crippen molar-refractivity contribution in [1.82, 2.24) is 5.32 Å². The van der Waals surface area contributed by atoms with Gasteiger partial charge in [-0.3, -0.25) is 0 Å². The smallest absolute Gasteiger partial charge is 0.0327 e. The molecule has 3 rings (SSSR count). The highest BCUT2D eigenvalue weighted by molar-refractivity contribution is 5.38. The molecular formula is C17H27N. The van der Waals surface area contributed by atoms with Gasteiger partial charge in [0.05, 0.1) is 0 Å². The van der Waals surface area contributed by atoms with Gasteiger partial charge in [0.15, 0.2) is 0 Å². The van der Waals surface area contributed by atoms with Gasteiger partial charge in [-0.1, -0.05) is 45.4 Å². The van der Waals surface area contributed by atoms with Crippen LogP contribution in [-0.2, 0) is 0 Å². The monoisotopic (exact) mass is 245 g/mol. The quantitative estimate of drug-likeness (QED) is 0.674. The second-order valence-electron chi connectivity index (χ2n) is 8.15. The molecule has 0 aromatic heterocycles. The van der Waals surface area contributed by atoms with Crippen LogP contribution >= 0.6 is 0 Å². The van der Waals surface area contributed by atoms with E-state index >= 15 is 0 Å². The Morgan fingerprint density at radius 2 is 1.89 bits per heavy atom. The van der Waals surface area contributed by atoms with E-state index in [0.717, 1.165) is 0 Å². The predicted molar refractivity (Wildman–Crippen MR) is 77.5 cm³/mol. The van der Waals surface area contributed by atoms with Crippen LogP contribution < -0.4 is 5.32 Å². The topological polar surface area (TPSA) is 12.0 Å². The first kappa shape index (κ1) is 12.5. The van der Waals surface area contributed by atoms with Crippen LogP contribution in [0.4, 0.5) is 0 Å². The number of hydrogen-bond acceptors (Lipinski definition) is 1. The van der Waals surface area contributed by atoms with Crippen molar-refractivity contribution in [1.29, 1.82) is 0 Å². The number of nitrogens with one attached hydrogen (secondary N) is 1. The van der Waals surface area contributed by atoms with E-state index < -0.39 is 0 Å². The summed E-state index contributed by atoms with van der Waals surface area (Å²) >= 11 is 0. The van der Waals surface area contributed by atoms with Crippen molar-refractivity contribution in [3.63, 3.8) is 0 Å². The SMILES string of the molecule is CC1(C)CCC2NC3CC(C)(C)CC=C3C=C2C1. The van der Waals surface area contributed by atoms with Crippen LogP contribution in [0.5, 0.6) is 0 Å². The van der Waals surface area contributed by atoms with Crippen molar-refractivity contribution >= 4 is 0 Å². The normalized spacial score (nSPS) is 37.1. The molecule has 1 nitrogen and oxygen atoms in total. The lowest BCUT2D eigenvalue weighted by atomic mass is 9.68. The van der Waals surface area contributed by atoms with Crippen LogP contribution in [0.3, 0.4) is 0 Å². The van der Waals surface area contributed by atoms with E-state index in [0.29, 0.717) is 22.9 Å². The molecule has 3 aliphatic rings. The molecule has 1 saturated carbocycles. The lowest BCUT2D eigenvalue weighted by molar-refractivity contribution is 0.222. The zero-order chi connectivity index (χ0) is 13.0. The Balaban J connectivity index is 1.87. The molecule has 1 fully saturated rings. The second kappa shape index (κ2) is 3.96. The van der Waals surface area contributed by atoms with Crippen molar-refractivity contribution in [2.45, 2.75) is 71.9 Å². The van der Waals surface area contributed by atoms with Gasteiger partial charge in [0, 0.05) is 12.1 Å². The maximum atomic E-state index is 3.91. The maximum absolute atomic E-state index is 3.91. The summed E-state index contributed by atoms with van der Waals surface area (Å²) in [5.41, 5.74) is 4.21. The minimum atomic E-state index is 0.473. The summed E-state index contributed by atoms with van der Waals surface area (Å²) < 4.78 is 0. The highest BCUT2D eigenvalue weighted by atomic mass is 15.0. The van der Waals surface area contributed by atoms with Gasteiger partial charge in [-0.25, -0.2) is 0 Å². The van der Waals surface area contributed by atoms with Gasteiger partial charge in [0.25, 0.3) is 0 Å². The Morgan fingerprint density at radius 3 is 2.67 bits per heavy atom. The van der Waals surface area contributed by atoms with Crippen molar-refractivity contribution in [2.75, 3.05) is 0 Å². The number of fused-ring (bicyclic) bond motifs is 2. The summed E-state index contributed by atoms with van der Waals surface area (Å²) in [7, 11) is 0. The van der Waals surface area contributed by atoms with Gasteiger partial charge in [-0.05, 0) is 48.5 Å². The first-order valence-electron chi connectivity index (χ1n) is 7.51. The summed E-state index contributed by atoms with van der Waals surface area (Å²) in [6.45, 7) is 9.61. The summed E-state index contributed by atoms with van der Waals surface area (Å²) in [5, 5.41) is 3.91. The molecule has 0 spiro atoms. The fraction of sp³-hybridized carbons (Fsp3) is 0.765. The molecule has 1 aliphatic heterocycles. The third kappa shape index (κ3) is 2.30. The van der Waals surface area contributed by atoms with E-state index in [2.05, 4.69) is 45.2 Å². The average molecular weight is 245 g/mol. The van der Waals surface area contributed by atoms with E-state index in [1.807, 2.05) is 0 Å². The molecule has 0 aromatic rings. The molecule has 0 aromatic carbocycles.